The van der Waals surface area contributed by atoms with E-state index in [0.717, 1.165) is 27.6 Å². The maximum absolute atomic E-state index is 5.26. The lowest BCUT2D eigenvalue weighted by atomic mass is 9.75. The Morgan fingerprint density at radius 1 is 1.29 bits per heavy atom. The van der Waals surface area contributed by atoms with Crippen LogP contribution in [0.1, 0.15) is 32.1 Å². The summed E-state index contributed by atoms with van der Waals surface area (Å²) in [5.74, 6) is 2.05. The number of hydrogen-bond donors (Lipinski definition) is 1. The van der Waals surface area contributed by atoms with Gasteiger partial charge in [-0.05, 0) is 52.4 Å². The van der Waals surface area contributed by atoms with Crippen LogP contribution in [0.15, 0.2) is 27.7 Å². The second-order valence-corrected chi connectivity index (χ2v) is 7.76. The molecule has 1 spiro atoms. The molecule has 0 atom stereocenters. The Morgan fingerprint density at radius 3 is 2.71 bits per heavy atom. The summed E-state index contributed by atoms with van der Waals surface area (Å²) in [5, 5.41) is 4.47. The number of hydrogen-bond acceptors (Lipinski definition) is 4. The Hall–Kier alpha value is -0.680. The van der Waals surface area contributed by atoms with Crippen molar-refractivity contribution < 1.29 is 4.74 Å². The molecule has 5 heteroatoms. The van der Waals surface area contributed by atoms with Crippen LogP contribution in [-0.4, -0.2) is 24.6 Å². The van der Waals surface area contributed by atoms with E-state index in [1.165, 1.54) is 37.9 Å². The summed E-state index contributed by atoms with van der Waals surface area (Å²) in [6.07, 6.45) is 6.87. The van der Waals surface area contributed by atoms with Gasteiger partial charge >= 0.3 is 0 Å². The number of benzene rings is 1. The fourth-order valence-corrected chi connectivity index (χ4v) is 4.81. The number of anilines is 1. The quantitative estimate of drug-likeness (QED) is 0.803. The van der Waals surface area contributed by atoms with Crippen molar-refractivity contribution in [3.05, 3.63) is 22.7 Å². The van der Waals surface area contributed by atoms with Crippen LogP contribution in [0.5, 0.6) is 5.75 Å². The second-order valence-electron chi connectivity index (χ2n) is 5.95. The maximum Gasteiger partial charge on any atom is 0.161 e. The van der Waals surface area contributed by atoms with Crippen molar-refractivity contribution in [1.82, 2.24) is 0 Å². The van der Waals surface area contributed by atoms with Crippen molar-refractivity contribution >= 4 is 38.5 Å². The smallest absolute Gasteiger partial charge is 0.161 e. The minimum absolute atomic E-state index is 0.481. The lowest BCUT2D eigenvalue weighted by molar-refractivity contribution is 0.232. The summed E-state index contributed by atoms with van der Waals surface area (Å²) in [4.78, 5) is 4.80. The zero-order valence-corrected chi connectivity index (χ0v) is 14.7. The summed E-state index contributed by atoms with van der Waals surface area (Å²) >= 11 is 5.39. The van der Waals surface area contributed by atoms with Crippen LogP contribution in [0.25, 0.3) is 0 Å². The van der Waals surface area contributed by atoms with Crippen LogP contribution in [-0.2, 0) is 0 Å². The van der Waals surface area contributed by atoms with E-state index in [9.17, 15) is 0 Å². The number of amidine groups is 1. The molecule has 1 aliphatic heterocycles. The van der Waals surface area contributed by atoms with E-state index in [1.54, 1.807) is 7.11 Å². The SMILES string of the molecule is COc1ccc(NC2=NCC3(CCCCC3)CS2)cc1Br. The van der Waals surface area contributed by atoms with Crippen molar-refractivity contribution in [2.24, 2.45) is 10.4 Å². The molecule has 1 aromatic carbocycles. The largest absolute Gasteiger partial charge is 0.496 e. The zero-order chi connectivity index (χ0) is 14.7. The molecule has 1 aromatic rings. The first kappa shape index (κ1) is 15.2. The molecule has 0 amide bonds. The number of halogens is 1. The van der Waals surface area contributed by atoms with Crippen molar-refractivity contribution in [3.63, 3.8) is 0 Å². The van der Waals surface area contributed by atoms with Crippen LogP contribution in [0.3, 0.4) is 0 Å². The molecule has 1 aliphatic carbocycles. The molecule has 21 heavy (non-hydrogen) atoms. The van der Waals surface area contributed by atoms with Gasteiger partial charge in [-0.3, -0.25) is 4.99 Å². The summed E-state index contributed by atoms with van der Waals surface area (Å²) in [7, 11) is 1.68. The lowest BCUT2D eigenvalue weighted by Crippen LogP contribution is -2.35. The van der Waals surface area contributed by atoms with E-state index in [0.29, 0.717) is 5.41 Å². The van der Waals surface area contributed by atoms with Crippen molar-refractivity contribution in [2.75, 3.05) is 24.7 Å². The Kier molecular flexibility index (Phi) is 4.79. The number of ether oxygens (including phenoxy) is 1. The predicted octanol–water partition coefficient (Wildman–Crippen LogP) is 4.92. The Labute approximate surface area is 139 Å². The minimum atomic E-state index is 0.481. The van der Waals surface area contributed by atoms with Crippen LogP contribution < -0.4 is 10.1 Å². The highest BCUT2D eigenvalue weighted by molar-refractivity contribution is 9.10. The van der Waals surface area contributed by atoms with Crippen LogP contribution in [0, 0.1) is 5.41 Å². The van der Waals surface area contributed by atoms with Gasteiger partial charge in [0.1, 0.15) is 5.75 Å². The van der Waals surface area contributed by atoms with Crippen LogP contribution in [0.2, 0.25) is 0 Å². The molecule has 1 heterocycles. The van der Waals surface area contributed by atoms with E-state index >= 15 is 0 Å². The van der Waals surface area contributed by atoms with Gasteiger partial charge in [0.2, 0.25) is 0 Å². The second kappa shape index (κ2) is 6.61. The highest BCUT2D eigenvalue weighted by atomic mass is 79.9. The van der Waals surface area contributed by atoms with Gasteiger partial charge in [0, 0.05) is 18.0 Å². The molecule has 0 unspecified atom stereocenters. The normalized spacial score (nSPS) is 21.0. The number of aliphatic imine (C=N–C) groups is 1. The molecular formula is C16H21BrN2OS. The van der Waals surface area contributed by atoms with Crippen molar-refractivity contribution in [2.45, 2.75) is 32.1 Å². The lowest BCUT2D eigenvalue weighted by Gasteiger charge is -2.38. The number of thioether (sulfide) groups is 1. The highest BCUT2D eigenvalue weighted by Gasteiger charge is 2.34. The molecule has 0 aromatic heterocycles. The summed E-state index contributed by atoms with van der Waals surface area (Å²) in [5.41, 5.74) is 1.53. The van der Waals surface area contributed by atoms with Gasteiger partial charge in [-0.1, -0.05) is 31.0 Å². The van der Waals surface area contributed by atoms with Crippen LogP contribution in [0.4, 0.5) is 5.69 Å². The first-order chi connectivity index (χ1) is 10.2. The van der Waals surface area contributed by atoms with E-state index in [2.05, 4.69) is 21.2 Å². The van der Waals surface area contributed by atoms with Gasteiger partial charge < -0.3 is 10.1 Å². The Balaban J connectivity index is 1.65. The summed E-state index contributed by atoms with van der Waals surface area (Å²) < 4.78 is 6.21. The fraction of sp³-hybridized carbons (Fsp3) is 0.562. The molecule has 1 N–H and O–H groups in total. The molecular weight excluding hydrogens is 348 g/mol. The van der Waals surface area contributed by atoms with Gasteiger partial charge in [-0.15, -0.1) is 0 Å². The summed E-state index contributed by atoms with van der Waals surface area (Å²) in [6, 6.07) is 6.02. The molecule has 0 saturated heterocycles. The monoisotopic (exact) mass is 368 g/mol. The predicted molar refractivity (Wildman–Crippen MR) is 94.6 cm³/mol. The maximum atomic E-state index is 5.26. The Bertz CT molecular complexity index is 541. The minimum Gasteiger partial charge on any atom is -0.496 e. The molecule has 114 valence electrons. The van der Waals surface area contributed by atoms with Gasteiger partial charge in [-0.2, -0.15) is 0 Å². The zero-order valence-electron chi connectivity index (χ0n) is 12.3. The van der Waals surface area contributed by atoms with Crippen molar-refractivity contribution in [3.8, 4) is 5.75 Å². The third-order valence-corrected chi connectivity index (χ3v) is 6.27. The number of rotatable bonds is 2. The average Bonchev–Trinajstić information content (AvgIpc) is 2.51. The standard InChI is InChI=1S/C16H21BrN2OS/c1-20-14-6-5-12(9-13(14)17)19-15-18-10-16(11-21-15)7-3-2-4-8-16/h5-6,9H,2-4,7-8,10-11H2,1H3,(H,18,19). The fourth-order valence-electron chi connectivity index (χ4n) is 3.10. The highest BCUT2D eigenvalue weighted by Crippen LogP contribution is 2.42. The molecule has 0 radical (unpaired) electrons. The van der Waals surface area contributed by atoms with E-state index in [4.69, 9.17) is 9.73 Å². The molecule has 3 rings (SSSR count). The topological polar surface area (TPSA) is 33.6 Å². The molecule has 0 bridgehead atoms. The van der Waals surface area contributed by atoms with Gasteiger partial charge in [-0.25, -0.2) is 0 Å². The number of methoxy groups -OCH3 is 1. The van der Waals surface area contributed by atoms with Gasteiger partial charge in [0.05, 0.1) is 11.6 Å². The number of nitrogens with zero attached hydrogens (tertiary/aromatic N) is 1. The third kappa shape index (κ3) is 3.57. The first-order valence-electron chi connectivity index (χ1n) is 7.49. The summed E-state index contributed by atoms with van der Waals surface area (Å²) in [6.45, 7) is 0.986. The van der Waals surface area contributed by atoms with E-state index in [-0.39, 0.29) is 0 Å². The van der Waals surface area contributed by atoms with Gasteiger partial charge in [0.15, 0.2) is 5.17 Å². The van der Waals surface area contributed by atoms with Gasteiger partial charge in [0.25, 0.3) is 0 Å². The molecule has 1 saturated carbocycles. The average molecular weight is 369 g/mol. The van der Waals surface area contributed by atoms with Crippen molar-refractivity contribution in [1.29, 1.82) is 0 Å². The molecule has 2 aliphatic rings. The van der Waals surface area contributed by atoms with E-state index in [1.807, 2.05) is 30.0 Å². The van der Waals surface area contributed by atoms with Crippen LogP contribution >= 0.6 is 27.7 Å². The van der Waals surface area contributed by atoms with E-state index < -0.39 is 0 Å². The number of nitrogens with one attached hydrogen (secondary N) is 1. The molecule has 1 fully saturated rings. The third-order valence-electron chi connectivity index (χ3n) is 4.39. The Morgan fingerprint density at radius 2 is 2.10 bits per heavy atom. The first-order valence-corrected chi connectivity index (χ1v) is 9.26. The molecule has 3 nitrogen and oxygen atoms in total.